The fourth-order valence-electron chi connectivity index (χ4n) is 5.80. The van der Waals surface area contributed by atoms with E-state index in [-0.39, 0.29) is 17.9 Å². The summed E-state index contributed by atoms with van der Waals surface area (Å²) >= 11 is 0. The van der Waals surface area contributed by atoms with Gasteiger partial charge < -0.3 is 19.4 Å². The van der Waals surface area contributed by atoms with Crippen LogP contribution in [0.15, 0.2) is 79.0 Å². The highest BCUT2D eigenvalue weighted by atomic mass is 16.5. The molecule has 4 aromatic rings. The minimum absolute atomic E-state index is 0.0802. The summed E-state index contributed by atoms with van der Waals surface area (Å²) in [6.45, 7) is 5.95. The number of hydrogen-bond acceptors (Lipinski definition) is 4. The van der Waals surface area contributed by atoms with Gasteiger partial charge in [0.2, 0.25) is 5.91 Å². The van der Waals surface area contributed by atoms with Gasteiger partial charge in [-0.25, -0.2) is 0 Å². The molecule has 204 valence electrons. The third kappa shape index (κ3) is 6.28. The van der Waals surface area contributed by atoms with Gasteiger partial charge >= 0.3 is 0 Å². The number of nitrogens with one attached hydrogen (secondary N) is 1. The van der Waals surface area contributed by atoms with Crippen LogP contribution in [0.3, 0.4) is 0 Å². The van der Waals surface area contributed by atoms with Crippen molar-refractivity contribution < 1.29 is 14.3 Å². The van der Waals surface area contributed by atoms with E-state index in [1.165, 1.54) is 16.5 Å². The van der Waals surface area contributed by atoms with E-state index in [1.807, 2.05) is 18.2 Å². The third-order valence-corrected chi connectivity index (χ3v) is 7.90. The van der Waals surface area contributed by atoms with Gasteiger partial charge in [-0.1, -0.05) is 48.5 Å². The van der Waals surface area contributed by atoms with Crippen molar-refractivity contribution in [3.05, 3.63) is 95.7 Å². The van der Waals surface area contributed by atoms with Crippen molar-refractivity contribution in [3.63, 3.8) is 0 Å². The van der Waals surface area contributed by atoms with Crippen LogP contribution in [0.25, 0.3) is 10.9 Å². The molecule has 0 bridgehead atoms. The van der Waals surface area contributed by atoms with Gasteiger partial charge in [0.15, 0.2) is 0 Å². The molecule has 1 amide bonds. The first-order valence-electron chi connectivity index (χ1n) is 13.9. The second-order valence-corrected chi connectivity index (χ2v) is 10.4. The van der Waals surface area contributed by atoms with E-state index in [1.54, 1.807) is 14.2 Å². The van der Waals surface area contributed by atoms with Gasteiger partial charge in [0.25, 0.3) is 0 Å². The van der Waals surface area contributed by atoms with E-state index in [0.717, 1.165) is 61.6 Å². The van der Waals surface area contributed by atoms with Gasteiger partial charge in [-0.15, -0.1) is 0 Å². The van der Waals surface area contributed by atoms with Gasteiger partial charge in [0.05, 0.1) is 14.2 Å². The number of aryl methyl sites for hydroxylation is 1. The zero-order chi connectivity index (χ0) is 27.2. The van der Waals surface area contributed by atoms with E-state index >= 15 is 0 Å². The predicted molar refractivity (Wildman–Crippen MR) is 157 cm³/mol. The number of carbonyl (C=O) groups excluding carboxylic acids is 1. The van der Waals surface area contributed by atoms with Crippen molar-refractivity contribution in [1.29, 1.82) is 0 Å². The smallest absolute Gasteiger partial charge is 0.221 e. The van der Waals surface area contributed by atoms with Crippen LogP contribution in [0.1, 0.15) is 48.8 Å². The molecule has 1 atom stereocenters. The number of aromatic nitrogens is 1. The molecule has 1 N–H and O–H groups in total. The number of benzene rings is 3. The third-order valence-electron chi connectivity index (χ3n) is 7.90. The molecule has 6 nitrogen and oxygen atoms in total. The van der Waals surface area contributed by atoms with Crippen LogP contribution in [0.5, 0.6) is 11.5 Å². The van der Waals surface area contributed by atoms with E-state index in [4.69, 9.17) is 9.47 Å². The summed E-state index contributed by atoms with van der Waals surface area (Å²) in [5.74, 6) is 1.39. The number of amides is 1. The van der Waals surface area contributed by atoms with Crippen LogP contribution in [-0.4, -0.2) is 48.7 Å². The summed E-state index contributed by atoms with van der Waals surface area (Å²) in [6, 6.07) is 25.2. The second-order valence-electron chi connectivity index (χ2n) is 10.4. The average molecular weight is 526 g/mol. The number of methoxy groups -OCH3 is 2. The van der Waals surface area contributed by atoms with Crippen LogP contribution in [0.4, 0.5) is 0 Å². The Bertz CT molecular complexity index is 1370. The number of hydrogen-bond donors (Lipinski definition) is 1. The van der Waals surface area contributed by atoms with Crippen LogP contribution in [-0.2, 0) is 17.9 Å². The average Bonchev–Trinajstić information content (AvgIpc) is 3.35. The Kier molecular flexibility index (Phi) is 8.52. The van der Waals surface area contributed by atoms with Crippen molar-refractivity contribution in [2.24, 2.45) is 0 Å². The molecule has 3 aromatic carbocycles. The molecule has 0 saturated carbocycles. The first kappa shape index (κ1) is 26.8. The number of nitrogens with zero attached hydrogens (tertiary/aromatic N) is 2. The molecule has 1 unspecified atom stereocenters. The molecule has 0 aliphatic carbocycles. The molecular weight excluding hydrogens is 486 g/mol. The Morgan fingerprint density at radius 2 is 1.62 bits per heavy atom. The lowest BCUT2D eigenvalue weighted by atomic mass is 9.87. The quantitative estimate of drug-likeness (QED) is 0.277. The van der Waals surface area contributed by atoms with Crippen molar-refractivity contribution >= 4 is 16.8 Å². The second kappa shape index (κ2) is 12.4. The zero-order valence-electron chi connectivity index (χ0n) is 23.2. The monoisotopic (exact) mass is 525 g/mol. The molecule has 0 spiro atoms. The van der Waals surface area contributed by atoms with Crippen molar-refractivity contribution in [3.8, 4) is 11.5 Å². The predicted octanol–water partition coefficient (Wildman–Crippen LogP) is 5.98. The Hall–Kier alpha value is -3.77. The van der Waals surface area contributed by atoms with E-state index in [0.29, 0.717) is 6.42 Å². The minimum atomic E-state index is -0.134. The number of carbonyl (C=O) groups is 1. The number of para-hydroxylation sites is 1. The Morgan fingerprint density at radius 3 is 2.28 bits per heavy atom. The van der Waals surface area contributed by atoms with E-state index in [9.17, 15) is 4.79 Å². The topological polar surface area (TPSA) is 55.7 Å². The first-order chi connectivity index (χ1) is 19.1. The Labute approximate surface area is 231 Å². The molecule has 1 aromatic heterocycles. The van der Waals surface area contributed by atoms with Crippen molar-refractivity contribution in [2.75, 3.05) is 27.3 Å². The van der Waals surface area contributed by atoms with Gasteiger partial charge in [-0.3, -0.25) is 9.69 Å². The van der Waals surface area contributed by atoms with Crippen molar-refractivity contribution in [2.45, 2.75) is 51.2 Å². The SMILES string of the molecule is CCn1cc(C(CC(=O)NC2CCN(Cc3ccccc3)CC2)c2cc(OC)cc(OC)c2)c2ccccc21. The summed E-state index contributed by atoms with van der Waals surface area (Å²) in [4.78, 5) is 16.0. The number of piperidine rings is 1. The lowest BCUT2D eigenvalue weighted by Gasteiger charge is -2.32. The Morgan fingerprint density at radius 1 is 0.949 bits per heavy atom. The molecule has 1 aliphatic heterocycles. The summed E-state index contributed by atoms with van der Waals surface area (Å²) in [5.41, 5.74) is 4.68. The van der Waals surface area contributed by atoms with Crippen LogP contribution in [0, 0.1) is 0 Å². The van der Waals surface area contributed by atoms with Gasteiger partial charge in [0.1, 0.15) is 11.5 Å². The minimum Gasteiger partial charge on any atom is -0.497 e. The molecule has 0 radical (unpaired) electrons. The molecule has 6 heteroatoms. The molecule has 2 heterocycles. The van der Waals surface area contributed by atoms with Gasteiger partial charge in [-0.2, -0.15) is 0 Å². The fourth-order valence-corrected chi connectivity index (χ4v) is 5.80. The van der Waals surface area contributed by atoms with Crippen LogP contribution < -0.4 is 14.8 Å². The highest BCUT2D eigenvalue weighted by Crippen LogP contribution is 2.38. The van der Waals surface area contributed by atoms with E-state index < -0.39 is 0 Å². The standard InChI is InChI=1S/C33H39N3O3/c1-4-36-23-31(29-12-8-9-13-32(29)36)30(25-18-27(38-2)20-28(19-25)39-3)21-33(37)34-26-14-16-35(17-15-26)22-24-10-6-5-7-11-24/h5-13,18-20,23,26,30H,4,14-17,21-22H2,1-3H3,(H,34,37). The summed E-state index contributed by atoms with van der Waals surface area (Å²) in [7, 11) is 3.32. The van der Waals surface area contributed by atoms with Crippen molar-refractivity contribution in [1.82, 2.24) is 14.8 Å². The largest absolute Gasteiger partial charge is 0.497 e. The van der Waals surface area contributed by atoms with E-state index in [2.05, 4.69) is 82.5 Å². The summed E-state index contributed by atoms with van der Waals surface area (Å²) in [5, 5.41) is 4.54. The summed E-state index contributed by atoms with van der Waals surface area (Å²) < 4.78 is 13.4. The lowest BCUT2D eigenvalue weighted by molar-refractivity contribution is -0.122. The number of likely N-dealkylation sites (tertiary alicyclic amines) is 1. The fraction of sp³-hybridized carbons (Fsp3) is 0.364. The number of fused-ring (bicyclic) bond motifs is 1. The number of ether oxygens (including phenoxy) is 2. The molecule has 1 fully saturated rings. The molecular formula is C33H39N3O3. The zero-order valence-corrected chi connectivity index (χ0v) is 23.2. The maximum absolute atomic E-state index is 13.6. The number of rotatable bonds is 10. The molecule has 39 heavy (non-hydrogen) atoms. The highest BCUT2D eigenvalue weighted by molar-refractivity contribution is 5.87. The van der Waals surface area contributed by atoms with Crippen LogP contribution >= 0.6 is 0 Å². The van der Waals surface area contributed by atoms with Gasteiger partial charge in [-0.05, 0) is 54.7 Å². The van der Waals surface area contributed by atoms with Crippen LogP contribution in [0.2, 0.25) is 0 Å². The maximum Gasteiger partial charge on any atom is 0.221 e. The normalized spacial score (nSPS) is 15.3. The molecule has 5 rings (SSSR count). The molecule has 1 aliphatic rings. The molecule has 1 saturated heterocycles. The van der Waals surface area contributed by atoms with Gasteiger partial charge in [0, 0.05) is 67.7 Å². The first-order valence-corrected chi connectivity index (χ1v) is 13.9. The Balaban J connectivity index is 1.35. The summed E-state index contributed by atoms with van der Waals surface area (Å²) in [6.07, 6.45) is 4.49. The lowest BCUT2D eigenvalue weighted by Crippen LogP contribution is -2.44. The maximum atomic E-state index is 13.6. The highest BCUT2D eigenvalue weighted by Gasteiger charge is 2.26.